The molecule has 1 N–H and O–H groups in total. The third-order valence-electron chi connectivity index (χ3n) is 4.64. The molecule has 0 atom stereocenters. The first-order valence-electron chi connectivity index (χ1n) is 8.88. The summed E-state index contributed by atoms with van der Waals surface area (Å²) < 4.78 is 0. The van der Waals surface area contributed by atoms with Crippen molar-refractivity contribution in [1.29, 1.82) is 0 Å². The van der Waals surface area contributed by atoms with Gasteiger partial charge in [-0.3, -0.25) is 9.59 Å². The van der Waals surface area contributed by atoms with Crippen LogP contribution in [0.3, 0.4) is 0 Å². The average molecular weight is 331 g/mol. The Morgan fingerprint density at radius 2 is 1.88 bits per heavy atom. The summed E-state index contributed by atoms with van der Waals surface area (Å²) in [6.07, 6.45) is 5.96. The molecular formula is C19H29N3O2. The van der Waals surface area contributed by atoms with E-state index in [1.54, 1.807) is 31.1 Å². The maximum Gasteiger partial charge on any atom is 0.253 e. The van der Waals surface area contributed by atoms with E-state index in [4.69, 9.17) is 0 Å². The zero-order valence-corrected chi connectivity index (χ0v) is 15.0. The van der Waals surface area contributed by atoms with E-state index >= 15 is 0 Å². The quantitative estimate of drug-likeness (QED) is 0.872. The van der Waals surface area contributed by atoms with Gasteiger partial charge in [0.2, 0.25) is 5.91 Å². The number of nitrogens with one attached hydrogen (secondary N) is 1. The minimum Gasteiger partial charge on any atom is -0.376 e. The first-order chi connectivity index (χ1) is 11.5. The predicted octanol–water partition coefficient (Wildman–Crippen LogP) is 2.98. The van der Waals surface area contributed by atoms with Crippen LogP contribution in [0.25, 0.3) is 0 Å². The number of nitrogens with zero attached hydrogens (tertiary/aromatic N) is 2. The van der Waals surface area contributed by atoms with Crippen LogP contribution in [-0.4, -0.2) is 54.8 Å². The Morgan fingerprint density at radius 3 is 2.50 bits per heavy atom. The smallest absolute Gasteiger partial charge is 0.253 e. The van der Waals surface area contributed by atoms with Crippen molar-refractivity contribution in [3.63, 3.8) is 0 Å². The highest BCUT2D eigenvalue weighted by Gasteiger charge is 2.23. The summed E-state index contributed by atoms with van der Waals surface area (Å²) in [6.45, 7) is 3.07. The van der Waals surface area contributed by atoms with Gasteiger partial charge in [-0.25, -0.2) is 0 Å². The maximum absolute atomic E-state index is 12.6. The van der Waals surface area contributed by atoms with E-state index < -0.39 is 0 Å². The van der Waals surface area contributed by atoms with Gasteiger partial charge >= 0.3 is 0 Å². The summed E-state index contributed by atoms with van der Waals surface area (Å²) in [6, 6.07) is 7.70. The fourth-order valence-corrected chi connectivity index (χ4v) is 3.33. The lowest BCUT2D eigenvalue weighted by Crippen LogP contribution is -2.43. The highest BCUT2D eigenvalue weighted by molar-refractivity contribution is 5.95. The van der Waals surface area contributed by atoms with Crippen LogP contribution in [-0.2, 0) is 4.79 Å². The molecule has 5 nitrogen and oxygen atoms in total. The van der Waals surface area contributed by atoms with Gasteiger partial charge in [0, 0.05) is 37.9 Å². The van der Waals surface area contributed by atoms with Crippen LogP contribution in [0.2, 0.25) is 0 Å². The number of carbonyl (C=O) groups is 2. The SMILES string of the molecule is CCN(C(=O)CNc1cccc(C(=O)N(C)C)c1)C1CCCCC1. The van der Waals surface area contributed by atoms with Gasteiger partial charge in [-0.05, 0) is 38.0 Å². The van der Waals surface area contributed by atoms with Crippen molar-refractivity contribution in [2.45, 2.75) is 45.1 Å². The molecule has 0 aromatic heterocycles. The molecule has 1 fully saturated rings. The van der Waals surface area contributed by atoms with Crippen LogP contribution in [0.15, 0.2) is 24.3 Å². The maximum atomic E-state index is 12.6. The summed E-state index contributed by atoms with van der Waals surface area (Å²) in [5.74, 6) is 0.0936. The number of amides is 2. The van der Waals surface area contributed by atoms with Gasteiger partial charge < -0.3 is 15.1 Å². The van der Waals surface area contributed by atoms with E-state index in [0.717, 1.165) is 25.1 Å². The summed E-state index contributed by atoms with van der Waals surface area (Å²) in [7, 11) is 3.46. The van der Waals surface area contributed by atoms with Crippen molar-refractivity contribution in [2.24, 2.45) is 0 Å². The van der Waals surface area contributed by atoms with Crippen molar-refractivity contribution in [2.75, 3.05) is 32.5 Å². The summed E-state index contributed by atoms with van der Waals surface area (Å²) in [5, 5.41) is 3.17. The van der Waals surface area contributed by atoms with E-state index in [0.29, 0.717) is 11.6 Å². The molecule has 0 radical (unpaired) electrons. The van der Waals surface area contributed by atoms with Crippen molar-refractivity contribution in [1.82, 2.24) is 9.80 Å². The summed E-state index contributed by atoms with van der Waals surface area (Å²) in [5.41, 5.74) is 1.42. The van der Waals surface area contributed by atoms with E-state index in [9.17, 15) is 9.59 Å². The van der Waals surface area contributed by atoms with Gasteiger partial charge in [0.15, 0.2) is 0 Å². The number of anilines is 1. The standard InChI is InChI=1S/C19H29N3O2/c1-4-22(17-11-6-5-7-12-17)18(23)14-20-16-10-8-9-15(13-16)19(24)21(2)3/h8-10,13,17,20H,4-7,11-12,14H2,1-3H3. The minimum atomic E-state index is -0.0395. The van der Waals surface area contributed by atoms with Gasteiger partial charge in [0.1, 0.15) is 0 Å². The average Bonchev–Trinajstić information content (AvgIpc) is 2.61. The molecule has 2 amide bonds. The molecule has 0 saturated heterocycles. The molecule has 1 aliphatic rings. The van der Waals surface area contributed by atoms with Crippen LogP contribution >= 0.6 is 0 Å². The first kappa shape index (κ1) is 18.3. The van der Waals surface area contributed by atoms with Crippen LogP contribution in [0.1, 0.15) is 49.4 Å². The molecule has 0 bridgehead atoms. The number of likely N-dealkylation sites (N-methyl/N-ethyl adjacent to an activating group) is 1. The zero-order chi connectivity index (χ0) is 17.5. The predicted molar refractivity (Wildman–Crippen MR) is 97.2 cm³/mol. The molecule has 1 aromatic rings. The van der Waals surface area contributed by atoms with Crippen molar-refractivity contribution < 1.29 is 9.59 Å². The monoisotopic (exact) mass is 331 g/mol. The summed E-state index contributed by atoms with van der Waals surface area (Å²) >= 11 is 0. The second-order valence-corrected chi connectivity index (χ2v) is 6.61. The Hall–Kier alpha value is -2.04. The number of hydrogen-bond donors (Lipinski definition) is 1. The Bertz CT molecular complexity index is 565. The molecule has 2 rings (SSSR count). The minimum absolute atomic E-state index is 0.0395. The Morgan fingerprint density at radius 1 is 1.17 bits per heavy atom. The molecule has 1 aromatic carbocycles. The third-order valence-corrected chi connectivity index (χ3v) is 4.64. The Kier molecular flexibility index (Phi) is 6.64. The van der Waals surface area contributed by atoms with Gasteiger partial charge in [0.25, 0.3) is 5.91 Å². The Labute approximate surface area is 145 Å². The molecule has 132 valence electrons. The molecule has 0 heterocycles. The fraction of sp³-hybridized carbons (Fsp3) is 0.579. The third kappa shape index (κ3) is 4.73. The van der Waals surface area contributed by atoms with Gasteiger partial charge in [-0.1, -0.05) is 25.3 Å². The van der Waals surface area contributed by atoms with Crippen LogP contribution in [0.4, 0.5) is 5.69 Å². The lowest BCUT2D eigenvalue weighted by molar-refractivity contribution is -0.132. The van der Waals surface area contributed by atoms with E-state index in [1.807, 2.05) is 24.0 Å². The van der Waals surface area contributed by atoms with Gasteiger partial charge in [-0.15, -0.1) is 0 Å². The molecule has 0 unspecified atom stereocenters. The van der Waals surface area contributed by atoms with Gasteiger partial charge in [-0.2, -0.15) is 0 Å². The number of benzene rings is 1. The van der Waals surface area contributed by atoms with Gasteiger partial charge in [0.05, 0.1) is 6.54 Å². The second kappa shape index (κ2) is 8.71. The van der Waals surface area contributed by atoms with Crippen molar-refractivity contribution in [3.05, 3.63) is 29.8 Å². The van der Waals surface area contributed by atoms with Crippen LogP contribution in [0, 0.1) is 0 Å². The molecule has 0 spiro atoms. The highest BCUT2D eigenvalue weighted by Crippen LogP contribution is 2.22. The van der Waals surface area contributed by atoms with Crippen molar-refractivity contribution in [3.8, 4) is 0 Å². The highest BCUT2D eigenvalue weighted by atomic mass is 16.2. The zero-order valence-electron chi connectivity index (χ0n) is 15.0. The normalized spacial score (nSPS) is 15.0. The number of carbonyl (C=O) groups excluding carboxylic acids is 2. The van der Waals surface area contributed by atoms with Crippen molar-refractivity contribution >= 4 is 17.5 Å². The lowest BCUT2D eigenvalue weighted by Gasteiger charge is -2.33. The van der Waals surface area contributed by atoms with Crippen LogP contribution < -0.4 is 5.32 Å². The molecule has 1 saturated carbocycles. The molecule has 1 aliphatic carbocycles. The number of hydrogen-bond acceptors (Lipinski definition) is 3. The van der Waals surface area contributed by atoms with Crippen LogP contribution in [0.5, 0.6) is 0 Å². The van der Waals surface area contributed by atoms with E-state index in [1.165, 1.54) is 19.3 Å². The molecule has 24 heavy (non-hydrogen) atoms. The molecule has 5 heteroatoms. The molecular weight excluding hydrogens is 302 g/mol. The first-order valence-corrected chi connectivity index (χ1v) is 8.88. The van der Waals surface area contributed by atoms with E-state index in [-0.39, 0.29) is 18.4 Å². The summed E-state index contributed by atoms with van der Waals surface area (Å²) in [4.78, 5) is 28.1. The fourth-order valence-electron chi connectivity index (χ4n) is 3.33. The largest absolute Gasteiger partial charge is 0.376 e. The topological polar surface area (TPSA) is 52.7 Å². The Balaban J connectivity index is 1.95. The lowest BCUT2D eigenvalue weighted by atomic mass is 9.94. The molecule has 0 aliphatic heterocycles. The second-order valence-electron chi connectivity index (χ2n) is 6.61. The van der Waals surface area contributed by atoms with E-state index in [2.05, 4.69) is 5.32 Å². The number of rotatable bonds is 6.